The molecule has 1 saturated heterocycles. The highest BCUT2D eigenvalue weighted by molar-refractivity contribution is 5.78. The van der Waals surface area contributed by atoms with Crippen LogP contribution in [0.1, 0.15) is 45.4 Å². The lowest BCUT2D eigenvalue weighted by Crippen LogP contribution is -2.48. The fraction of sp³-hybridized carbons (Fsp3) is 0.867. The molecule has 0 radical (unpaired) electrons. The summed E-state index contributed by atoms with van der Waals surface area (Å²) in [6, 6.07) is 0.267. The van der Waals surface area contributed by atoms with Crippen molar-refractivity contribution in [2.24, 2.45) is 10.7 Å². The van der Waals surface area contributed by atoms with Gasteiger partial charge in [0.15, 0.2) is 5.96 Å². The number of aliphatic hydroxyl groups is 1. The molecular weight excluding hydrogens is 284 g/mol. The van der Waals surface area contributed by atoms with Crippen molar-refractivity contribution in [2.45, 2.75) is 51.5 Å². The number of nitrogens with zero attached hydrogens (tertiary/aromatic N) is 2. The highest BCUT2D eigenvalue weighted by Gasteiger charge is 2.23. The molecule has 0 bridgehead atoms. The van der Waals surface area contributed by atoms with Crippen LogP contribution >= 0.6 is 0 Å². The SMILES string of the molecule is CCOC(=O)N1CCC(NC(N)=NCCCCCCO)CC1. The number of piperidine rings is 1. The lowest BCUT2D eigenvalue weighted by Gasteiger charge is -2.31. The highest BCUT2D eigenvalue weighted by Crippen LogP contribution is 2.11. The molecule has 0 aromatic heterocycles. The van der Waals surface area contributed by atoms with E-state index in [1.165, 1.54) is 0 Å². The van der Waals surface area contributed by atoms with Gasteiger partial charge in [-0.1, -0.05) is 12.8 Å². The number of likely N-dealkylation sites (tertiary alicyclic amines) is 1. The Bertz CT molecular complexity index is 342. The maximum Gasteiger partial charge on any atom is 0.409 e. The van der Waals surface area contributed by atoms with Crippen LogP contribution in [0.25, 0.3) is 0 Å². The van der Waals surface area contributed by atoms with Crippen LogP contribution in [0.2, 0.25) is 0 Å². The lowest BCUT2D eigenvalue weighted by molar-refractivity contribution is 0.0963. The Balaban J connectivity index is 2.15. The predicted octanol–water partition coefficient (Wildman–Crippen LogP) is 1.06. The van der Waals surface area contributed by atoms with Gasteiger partial charge in [-0.3, -0.25) is 4.99 Å². The molecule has 1 rings (SSSR count). The summed E-state index contributed by atoms with van der Waals surface area (Å²) in [5.74, 6) is 0.483. The van der Waals surface area contributed by atoms with Crippen molar-refractivity contribution >= 4 is 12.1 Å². The van der Waals surface area contributed by atoms with E-state index in [9.17, 15) is 4.79 Å². The maximum absolute atomic E-state index is 11.6. The van der Waals surface area contributed by atoms with Crippen molar-refractivity contribution in [3.63, 3.8) is 0 Å². The first-order valence-electron chi connectivity index (χ1n) is 8.26. The molecule has 1 aliphatic rings. The number of ether oxygens (including phenoxy) is 1. The van der Waals surface area contributed by atoms with Crippen molar-refractivity contribution in [2.75, 3.05) is 32.8 Å². The van der Waals surface area contributed by atoms with Gasteiger partial charge in [0.05, 0.1) is 6.61 Å². The summed E-state index contributed by atoms with van der Waals surface area (Å²) in [6.45, 7) is 4.57. The molecular formula is C15H30N4O3. The van der Waals surface area contributed by atoms with Crippen molar-refractivity contribution < 1.29 is 14.6 Å². The number of guanidine groups is 1. The normalized spacial score (nSPS) is 16.6. The van der Waals surface area contributed by atoms with Crippen molar-refractivity contribution in [3.05, 3.63) is 0 Å². The van der Waals surface area contributed by atoms with E-state index in [1.807, 2.05) is 6.92 Å². The fourth-order valence-electron chi connectivity index (χ4n) is 2.45. The minimum Gasteiger partial charge on any atom is -0.450 e. The Morgan fingerprint density at radius 2 is 2.00 bits per heavy atom. The van der Waals surface area contributed by atoms with Gasteiger partial charge in [-0.25, -0.2) is 4.79 Å². The molecule has 0 aromatic carbocycles. The average molecular weight is 314 g/mol. The van der Waals surface area contributed by atoms with Crippen molar-refractivity contribution in [1.29, 1.82) is 0 Å². The van der Waals surface area contributed by atoms with Gasteiger partial charge in [-0.15, -0.1) is 0 Å². The first kappa shape index (κ1) is 18.5. The fourth-order valence-corrected chi connectivity index (χ4v) is 2.45. The van der Waals surface area contributed by atoms with Gasteiger partial charge >= 0.3 is 6.09 Å². The minimum atomic E-state index is -0.231. The molecule has 1 amide bonds. The van der Waals surface area contributed by atoms with E-state index in [-0.39, 0.29) is 18.7 Å². The summed E-state index contributed by atoms with van der Waals surface area (Å²) in [5, 5.41) is 11.9. The molecule has 4 N–H and O–H groups in total. The number of hydrogen-bond donors (Lipinski definition) is 3. The van der Waals surface area contributed by atoms with E-state index in [0.29, 0.717) is 32.2 Å². The van der Waals surface area contributed by atoms with Crippen LogP contribution < -0.4 is 11.1 Å². The highest BCUT2D eigenvalue weighted by atomic mass is 16.6. The van der Waals surface area contributed by atoms with E-state index >= 15 is 0 Å². The molecule has 7 heteroatoms. The Morgan fingerprint density at radius 3 is 2.64 bits per heavy atom. The van der Waals surface area contributed by atoms with E-state index in [2.05, 4.69) is 10.3 Å². The molecule has 22 heavy (non-hydrogen) atoms. The number of aliphatic hydroxyl groups excluding tert-OH is 1. The Labute approximate surface area is 132 Å². The van der Waals surface area contributed by atoms with Gasteiger partial charge in [0.2, 0.25) is 0 Å². The number of rotatable bonds is 8. The summed E-state index contributed by atoms with van der Waals surface area (Å²) >= 11 is 0. The number of carbonyl (C=O) groups excluding carboxylic acids is 1. The van der Waals surface area contributed by atoms with E-state index in [1.54, 1.807) is 4.90 Å². The molecule has 0 saturated carbocycles. The van der Waals surface area contributed by atoms with Gasteiger partial charge in [-0.2, -0.15) is 0 Å². The quantitative estimate of drug-likeness (QED) is 0.353. The Kier molecular flexibility index (Phi) is 9.37. The topological polar surface area (TPSA) is 100 Å². The maximum atomic E-state index is 11.6. The number of nitrogens with two attached hydrogens (primary N) is 1. The van der Waals surface area contributed by atoms with Crippen molar-refractivity contribution in [1.82, 2.24) is 10.2 Å². The van der Waals surface area contributed by atoms with Crippen molar-refractivity contribution in [3.8, 4) is 0 Å². The lowest BCUT2D eigenvalue weighted by atomic mass is 10.1. The smallest absolute Gasteiger partial charge is 0.409 e. The molecule has 0 atom stereocenters. The summed E-state index contributed by atoms with van der Waals surface area (Å²) in [4.78, 5) is 17.6. The molecule has 7 nitrogen and oxygen atoms in total. The zero-order valence-corrected chi connectivity index (χ0v) is 13.6. The van der Waals surface area contributed by atoms with Gasteiger partial charge < -0.3 is 25.8 Å². The molecule has 0 spiro atoms. The average Bonchev–Trinajstić information content (AvgIpc) is 2.51. The molecule has 1 aliphatic heterocycles. The number of hydrogen-bond acceptors (Lipinski definition) is 4. The van der Waals surface area contributed by atoms with Crippen LogP contribution in [-0.2, 0) is 4.74 Å². The third-order valence-corrected chi connectivity index (χ3v) is 3.72. The van der Waals surface area contributed by atoms with Crippen LogP contribution in [0, 0.1) is 0 Å². The number of aliphatic imine (C=N–C) groups is 1. The standard InChI is InChI=1S/C15H30N4O3/c1-2-22-15(21)19-10-7-13(8-11-19)18-14(16)17-9-5-3-4-6-12-20/h13,20H,2-12H2,1H3,(H3,16,17,18). The third kappa shape index (κ3) is 7.49. The number of unbranched alkanes of at least 4 members (excludes halogenated alkanes) is 3. The number of carbonyl (C=O) groups is 1. The summed E-state index contributed by atoms with van der Waals surface area (Å²) in [5.41, 5.74) is 5.88. The first-order chi connectivity index (χ1) is 10.7. The second-order valence-electron chi connectivity index (χ2n) is 5.51. The monoisotopic (exact) mass is 314 g/mol. The number of nitrogens with one attached hydrogen (secondary N) is 1. The molecule has 0 aromatic rings. The summed E-state index contributed by atoms with van der Waals surface area (Å²) < 4.78 is 4.99. The zero-order valence-electron chi connectivity index (χ0n) is 13.6. The van der Waals surface area contributed by atoms with Gasteiger partial charge in [-0.05, 0) is 32.6 Å². The summed E-state index contributed by atoms with van der Waals surface area (Å²) in [6.07, 6.45) is 5.42. The van der Waals surface area contributed by atoms with E-state index < -0.39 is 0 Å². The number of amides is 1. The summed E-state index contributed by atoms with van der Waals surface area (Å²) in [7, 11) is 0. The minimum absolute atomic E-state index is 0.231. The van der Waals surface area contributed by atoms with Gasteiger partial charge in [0, 0.05) is 32.3 Å². The zero-order chi connectivity index (χ0) is 16.2. The molecule has 0 aliphatic carbocycles. The predicted molar refractivity (Wildman–Crippen MR) is 86.8 cm³/mol. The molecule has 0 unspecified atom stereocenters. The van der Waals surface area contributed by atoms with Crippen LogP contribution in [0.4, 0.5) is 4.79 Å². The Morgan fingerprint density at radius 1 is 1.32 bits per heavy atom. The van der Waals surface area contributed by atoms with Crippen LogP contribution in [0.5, 0.6) is 0 Å². The van der Waals surface area contributed by atoms with Crippen LogP contribution in [-0.4, -0.2) is 60.9 Å². The second kappa shape index (κ2) is 11.1. The van der Waals surface area contributed by atoms with Crippen LogP contribution in [0.3, 0.4) is 0 Å². The molecule has 1 heterocycles. The van der Waals surface area contributed by atoms with Gasteiger partial charge in [0.25, 0.3) is 0 Å². The molecule has 1 fully saturated rings. The van der Waals surface area contributed by atoms with Crippen LogP contribution in [0.15, 0.2) is 4.99 Å². The van der Waals surface area contributed by atoms with E-state index in [4.69, 9.17) is 15.6 Å². The van der Waals surface area contributed by atoms with Gasteiger partial charge in [0.1, 0.15) is 0 Å². The molecule has 128 valence electrons. The second-order valence-corrected chi connectivity index (χ2v) is 5.51. The third-order valence-electron chi connectivity index (χ3n) is 3.72. The van der Waals surface area contributed by atoms with E-state index in [0.717, 1.165) is 38.5 Å². The Hall–Kier alpha value is -1.50. The first-order valence-corrected chi connectivity index (χ1v) is 8.26. The largest absolute Gasteiger partial charge is 0.450 e.